The lowest BCUT2D eigenvalue weighted by molar-refractivity contribution is -0.923. The van der Waals surface area contributed by atoms with Crippen LogP contribution < -0.4 is 4.90 Å². The van der Waals surface area contributed by atoms with Gasteiger partial charge in [0.15, 0.2) is 0 Å². The summed E-state index contributed by atoms with van der Waals surface area (Å²) < 4.78 is 38.8. The monoisotopic (exact) mass is 351 g/mol. The van der Waals surface area contributed by atoms with Gasteiger partial charge in [0.25, 0.3) is 0 Å². The average molecular weight is 351 g/mol. The Balaban J connectivity index is 1.67. The SMILES string of the molecule is C[N+]1(Cc2ccc(C(F)(F)F)cc2O)CCN(c2ccccc2)CC1. The molecule has 0 amide bonds. The lowest BCUT2D eigenvalue weighted by Gasteiger charge is -2.43. The zero-order chi connectivity index (χ0) is 18.1. The minimum Gasteiger partial charge on any atom is -0.507 e. The summed E-state index contributed by atoms with van der Waals surface area (Å²) in [7, 11) is 2.08. The van der Waals surface area contributed by atoms with Crippen molar-refractivity contribution in [3.8, 4) is 5.75 Å². The molecule has 0 radical (unpaired) electrons. The predicted octanol–water partition coefficient (Wildman–Crippen LogP) is 3.88. The van der Waals surface area contributed by atoms with Gasteiger partial charge in [-0.3, -0.25) is 0 Å². The maximum absolute atomic E-state index is 12.7. The van der Waals surface area contributed by atoms with Gasteiger partial charge in [0.2, 0.25) is 0 Å². The molecule has 0 aromatic heterocycles. The van der Waals surface area contributed by atoms with Gasteiger partial charge in [-0.15, -0.1) is 0 Å². The van der Waals surface area contributed by atoms with Gasteiger partial charge in [0.1, 0.15) is 12.3 Å². The fourth-order valence-corrected chi connectivity index (χ4v) is 3.29. The molecule has 1 aliphatic heterocycles. The molecular weight excluding hydrogens is 329 g/mol. The maximum Gasteiger partial charge on any atom is 0.416 e. The molecule has 1 N–H and O–H groups in total. The van der Waals surface area contributed by atoms with Crippen LogP contribution in [0.2, 0.25) is 0 Å². The van der Waals surface area contributed by atoms with E-state index in [2.05, 4.69) is 24.1 Å². The van der Waals surface area contributed by atoms with Crippen molar-refractivity contribution in [3.05, 3.63) is 59.7 Å². The first kappa shape index (κ1) is 17.6. The van der Waals surface area contributed by atoms with Gasteiger partial charge >= 0.3 is 6.18 Å². The summed E-state index contributed by atoms with van der Waals surface area (Å²) in [5, 5.41) is 10.0. The normalized spacial score (nSPS) is 17.5. The van der Waals surface area contributed by atoms with Crippen LogP contribution in [-0.4, -0.2) is 42.8 Å². The molecule has 1 heterocycles. The van der Waals surface area contributed by atoms with Crippen LogP contribution in [0.15, 0.2) is 48.5 Å². The molecular formula is C19H22F3N2O+. The number of hydrogen-bond donors (Lipinski definition) is 1. The van der Waals surface area contributed by atoms with Gasteiger partial charge in [0, 0.05) is 11.3 Å². The molecule has 0 unspecified atom stereocenters. The number of phenolic OH excluding ortho intramolecular Hbond substituents is 1. The van der Waals surface area contributed by atoms with E-state index in [1.807, 2.05) is 18.2 Å². The third kappa shape index (κ3) is 4.07. The van der Waals surface area contributed by atoms with Gasteiger partial charge in [0.05, 0.1) is 38.8 Å². The fourth-order valence-electron chi connectivity index (χ4n) is 3.29. The molecule has 2 aromatic carbocycles. The van der Waals surface area contributed by atoms with Crippen molar-refractivity contribution < 1.29 is 22.8 Å². The van der Waals surface area contributed by atoms with Crippen molar-refractivity contribution in [2.75, 3.05) is 38.1 Å². The number of para-hydroxylation sites is 1. The molecule has 134 valence electrons. The zero-order valence-electron chi connectivity index (χ0n) is 14.1. The van der Waals surface area contributed by atoms with Crippen molar-refractivity contribution in [2.24, 2.45) is 0 Å². The van der Waals surface area contributed by atoms with Gasteiger partial charge in [-0.2, -0.15) is 13.2 Å². The summed E-state index contributed by atoms with van der Waals surface area (Å²) in [6, 6.07) is 13.4. The number of anilines is 1. The maximum atomic E-state index is 12.7. The Morgan fingerprint density at radius 3 is 2.24 bits per heavy atom. The molecule has 0 bridgehead atoms. The van der Waals surface area contributed by atoms with Gasteiger partial charge in [-0.1, -0.05) is 18.2 Å². The number of quaternary nitrogens is 1. The number of halogens is 3. The Labute approximate surface area is 145 Å². The van der Waals surface area contributed by atoms with Crippen molar-refractivity contribution in [1.82, 2.24) is 0 Å². The lowest BCUT2D eigenvalue weighted by atomic mass is 10.1. The topological polar surface area (TPSA) is 23.5 Å². The van der Waals surface area contributed by atoms with E-state index >= 15 is 0 Å². The van der Waals surface area contributed by atoms with Gasteiger partial charge < -0.3 is 14.5 Å². The Hall–Kier alpha value is -2.21. The number of hydrogen-bond acceptors (Lipinski definition) is 2. The van der Waals surface area contributed by atoms with Crippen LogP contribution in [0.1, 0.15) is 11.1 Å². The molecule has 0 aliphatic carbocycles. The highest BCUT2D eigenvalue weighted by molar-refractivity contribution is 5.46. The molecule has 3 rings (SSSR count). The smallest absolute Gasteiger partial charge is 0.416 e. The van der Waals surface area contributed by atoms with E-state index in [0.29, 0.717) is 16.6 Å². The van der Waals surface area contributed by atoms with Crippen molar-refractivity contribution >= 4 is 5.69 Å². The molecule has 25 heavy (non-hydrogen) atoms. The van der Waals surface area contributed by atoms with Crippen LogP contribution >= 0.6 is 0 Å². The molecule has 3 nitrogen and oxygen atoms in total. The van der Waals surface area contributed by atoms with E-state index in [1.54, 1.807) is 0 Å². The fraction of sp³-hybridized carbons (Fsp3) is 0.368. The second-order valence-corrected chi connectivity index (χ2v) is 6.89. The van der Waals surface area contributed by atoms with Crippen LogP contribution in [0.3, 0.4) is 0 Å². The molecule has 0 saturated carbocycles. The van der Waals surface area contributed by atoms with E-state index in [4.69, 9.17) is 0 Å². The molecule has 2 aromatic rings. The van der Waals surface area contributed by atoms with E-state index in [-0.39, 0.29) is 5.75 Å². The quantitative estimate of drug-likeness (QED) is 0.849. The number of rotatable bonds is 3. The Kier molecular flexibility index (Phi) is 4.64. The van der Waals surface area contributed by atoms with Crippen molar-refractivity contribution in [3.63, 3.8) is 0 Å². The standard InChI is InChI=1S/C19H21F3N2O/c1-24(11-9-23(10-12-24)17-5-3-2-4-6-17)14-15-7-8-16(13-18(15)25)19(20,21)22/h2-8,13H,9-12,14H2,1H3/p+1. The highest BCUT2D eigenvalue weighted by Gasteiger charge is 2.33. The van der Waals surface area contributed by atoms with Crippen LogP contribution in [-0.2, 0) is 12.7 Å². The van der Waals surface area contributed by atoms with Crippen LogP contribution in [0, 0.1) is 0 Å². The number of piperazine rings is 1. The second kappa shape index (κ2) is 6.59. The Morgan fingerprint density at radius 2 is 1.68 bits per heavy atom. The van der Waals surface area contributed by atoms with Gasteiger partial charge in [-0.05, 0) is 30.3 Å². The minimum atomic E-state index is -4.43. The first-order valence-corrected chi connectivity index (χ1v) is 8.29. The molecule has 1 aliphatic rings. The van der Waals surface area contributed by atoms with E-state index in [0.717, 1.165) is 38.3 Å². The third-order valence-electron chi connectivity index (χ3n) is 4.91. The summed E-state index contributed by atoms with van der Waals surface area (Å²) in [4.78, 5) is 2.31. The largest absolute Gasteiger partial charge is 0.507 e. The number of nitrogens with zero attached hydrogens (tertiary/aromatic N) is 2. The highest BCUT2D eigenvalue weighted by Crippen LogP contribution is 2.33. The Bertz CT molecular complexity index is 723. The van der Waals surface area contributed by atoms with Crippen molar-refractivity contribution in [1.29, 1.82) is 0 Å². The molecule has 1 saturated heterocycles. The first-order valence-electron chi connectivity index (χ1n) is 8.29. The molecule has 1 fully saturated rings. The molecule has 0 atom stereocenters. The summed E-state index contributed by atoms with van der Waals surface area (Å²) in [6.45, 7) is 4.02. The summed E-state index contributed by atoms with van der Waals surface area (Å²) in [5.74, 6) is -0.278. The number of phenols is 1. The molecule has 0 spiro atoms. The van der Waals surface area contributed by atoms with Crippen LogP contribution in [0.25, 0.3) is 0 Å². The average Bonchev–Trinajstić information content (AvgIpc) is 2.57. The summed E-state index contributed by atoms with van der Waals surface area (Å²) >= 11 is 0. The van der Waals surface area contributed by atoms with Crippen LogP contribution in [0.4, 0.5) is 18.9 Å². The van der Waals surface area contributed by atoms with Crippen molar-refractivity contribution in [2.45, 2.75) is 12.7 Å². The Morgan fingerprint density at radius 1 is 1.04 bits per heavy atom. The zero-order valence-corrected chi connectivity index (χ0v) is 14.1. The number of likely N-dealkylation sites (N-methyl/N-ethyl adjacent to an activating group) is 1. The summed E-state index contributed by atoms with van der Waals surface area (Å²) in [6.07, 6.45) is -4.43. The van der Waals surface area contributed by atoms with Crippen LogP contribution in [0.5, 0.6) is 5.75 Å². The van der Waals surface area contributed by atoms with E-state index in [1.165, 1.54) is 11.8 Å². The number of aromatic hydroxyl groups is 1. The number of benzene rings is 2. The highest BCUT2D eigenvalue weighted by atomic mass is 19.4. The predicted molar refractivity (Wildman–Crippen MR) is 91.4 cm³/mol. The second-order valence-electron chi connectivity index (χ2n) is 6.89. The summed E-state index contributed by atoms with van der Waals surface area (Å²) in [5.41, 5.74) is 0.931. The van der Waals surface area contributed by atoms with Gasteiger partial charge in [-0.25, -0.2) is 0 Å². The first-order chi connectivity index (χ1) is 11.8. The minimum absolute atomic E-state index is 0.278. The third-order valence-corrected chi connectivity index (χ3v) is 4.91. The van der Waals surface area contributed by atoms with E-state index in [9.17, 15) is 18.3 Å². The lowest BCUT2D eigenvalue weighted by Crippen LogP contribution is -2.56. The van der Waals surface area contributed by atoms with E-state index < -0.39 is 11.7 Å². The number of alkyl halides is 3. The molecule has 6 heteroatoms.